The number of fused-ring (bicyclic) bond motifs is 13. The first-order chi connectivity index (χ1) is 26.4. The molecular weight excluding hydrogens is 651 g/mol. The number of hydrogen-bond donors (Lipinski definition) is 0. The molecular formula is C53H41N. The van der Waals surface area contributed by atoms with E-state index in [1.165, 1.54) is 72.3 Å². The van der Waals surface area contributed by atoms with Crippen molar-refractivity contribution in [2.45, 2.75) is 31.6 Å². The van der Waals surface area contributed by atoms with Crippen molar-refractivity contribution in [1.82, 2.24) is 0 Å². The fourth-order valence-electron chi connectivity index (χ4n) is 9.77. The summed E-state index contributed by atoms with van der Waals surface area (Å²) in [5.74, 6) is 0. The number of rotatable bonds is 6. The molecule has 0 aromatic heterocycles. The molecule has 0 aliphatic heterocycles. The lowest BCUT2D eigenvalue weighted by Gasteiger charge is -2.33. The van der Waals surface area contributed by atoms with Crippen molar-refractivity contribution in [2.24, 2.45) is 0 Å². The zero-order chi connectivity index (χ0) is 36.6. The van der Waals surface area contributed by atoms with Gasteiger partial charge in [0.2, 0.25) is 0 Å². The molecule has 7 aromatic rings. The average molecular weight is 692 g/mol. The molecule has 1 nitrogen and oxygen atoms in total. The summed E-state index contributed by atoms with van der Waals surface area (Å²) < 4.78 is 0. The highest BCUT2D eigenvalue weighted by atomic mass is 15.1. The molecule has 0 bridgehead atoms. The molecule has 0 unspecified atom stereocenters. The van der Waals surface area contributed by atoms with E-state index >= 15 is 0 Å². The zero-order valence-electron chi connectivity index (χ0n) is 31.0. The van der Waals surface area contributed by atoms with Crippen LogP contribution in [0.4, 0.5) is 11.4 Å². The summed E-state index contributed by atoms with van der Waals surface area (Å²) >= 11 is 0. The van der Waals surface area contributed by atoms with E-state index in [9.17, 15) is 0 Å². The van der Waals surface area contributed by atoms with Gasteiger partial charge in [-0.2, -0.15) is 0 Å². The van der Waals surface area contributed by atoms with Gasteiger partial charge >= 0.3 is 0 Å². The Bertz CT molecular complexity index is 2680. The topological polar surface area (TPSA) is 3.24 Å². The van der Waals surface area contributed by atoms with E-state index in [4.69, 9.17) is 0 Å². The van der Waals surface area contributed by atoms with Crippen molar-refractivity contribution in [2.75, 3.05) is 4.90 Å². The maximum atomic E-state index is 3.98. The van der Waals surface area contributed by atoms with Crippen LogP contribution in [0.3, 0.4) is 0 Å². The third-order valence-corrected chi connectivity index (χ3v) is 12.1. The molecule has 54 heavy (non-hydrogen) atoms. The molecule has 10 rings (SSSR count). The first kappa shape index (κ1) is 32.2. The molecule has 0 amide bonds. The van der Waals surface area contributed by atoms with Crippen LogP contribution in [0.5, 0.6) is 0 Å². The number of benzene rings is 7. The first-order valence-electron chi connectivity index (χ1n) is 19.0. The Labute approximate surface area is 318 Å². The van der Waals surface area contributed by atoms with Gasteiger partial charge in [0, 0.05) is 16.8 Å². The molecule has 0 heterocycles. The normalized spacial score (nSPS) is 15.0. The number of allylic oxidation sites excluding steroid dienone is 4. The van der Waals surface area contributed by atoms with Gasteiger partial charge in [-0.05, 0) is 110 Å². The maximum absolute atomic E-state index is 3.98. The van der Waals surface area contributed by atoms with Gasteiger partial charge in [-0.1, -0.05) is 178 Å². The summed E-state index contributed by atoms with van der Waals surface area (Å²) in [6, 6.07) is 59.1. The number of aryl methyl sites for hydroxylation is 1. The van der Waals surface area contributed by atoms with Gasteiger partial charge in [0.25, 0.3) is 0 Å². The van der Waals surface area contributed by atoms with Gasteiger partial charge < -0.3 is 4.90 Å². The first-order valence-corrected chi connectivity index (χ1v) is 19.0. The second-order valence-electron chi connectivity index (χ2n) is 15.4. The van der Waals surface area contributed by atoms with E-state index in [1.807, 2.05) is 12.2 Å². The standard InChI is InChI=1S/C53H41N/c1-5-6-8-25-51(36-17-9-7-10-18-36)54(37-27-30-42-39-19-11-14-22-45(39)52(3,4)48(42)33-37)38-28-31-44-43-29-26-35(2)32-49(43)53(50(44)34-38)46-23-15-12-20-40(46)41-21-13-16-24-47(41)53/h5-34H,1H2,2-4H3/b8-6-,51-25+. The van der Waals surface area contributed by atoms with Crippen LogP contribution in [0.25, 0.3) is 39.1 Å². The van der Waals surface area contributed by atoms with Crippen LogP contribution in [-0.4, -0.2) is 0 Å². The van der Waals surface area contributed by atoms with E-state index in [2.05, 4.69) is 202 Å². The number of anilines is 2. The molecule has 0 saturated carbocycles. The SMILES string of the molecule is C=C/C=C\C=C(/c1ccccc1)N(c1ccc2c(c1)C(C)(C)c1ccccc1-2)c1ccc2c(c1)C1(c3ccccc3-c3ccccc31)c1cc(C)ccc1-2. The minimum atomic E-state index is -0.438. The summed E-state index contributed by atoms with van der Waals surface area (Å²) in [7, 11) is 0. The highest BCUT2D eigenvalue weighted by Crippen LogP contribution is 2.63. The third-order valence-electron chi connectivity index (χ3n) is 12.1. The second-order valence-corrected chi connectivity index (χ2v) is 15.4. The summed E-state index contributed by atoms with van der Waals surface area (Å²) in [6.45, 7) is 10.9. The molecule has 3 aliphatic carbocycles. The van der Waals surface area contributed by atoms with Crippen LogP contribution < -0.4 is 4.90 Å². The van der Waals surface area contributed by atoms with Crippen molar-refractivity contribution in [1.29, 1.82) is 0 Å². The van der Waals surface area contributed by atoms with Gasteiger partial charge in [0.1, 0.15) is 0 Å². The Kier molecular flexibility index (Phi) is 7.19. The van der Waals surface area contributed by atoms with E-state index in [1.54, 1.807) is 0 Å². The summed E-state index contributed by atoms with van der Waals surface area (Å²) in [5.41, 5.74) is 21.2. The summed E-state index contributed by atoms with van der Waals surface area (Å²) in [6.07, 6.45) is 8.18. The molecule has 0 fully saturated rings. The lowest BCUT2D eigenvalue weighted by molar-refractivity contribution is 0.660. The van der Waals surface area contributed by atoms with Gasteiger partial charge in [-0.25, -0.2) is 0 Å². The minimum absolute atomic E-state index is 0.133. The van der Waals surface area contributed by atoms with Crippen molar-refractivity contribution in [3.63, 3.8) is 0 Å². The quantitative estimate of drug-likeness (QED) is 0.157. The van der Waals surface area contributed by atoms with E-state index < -0.39 is 5.41 Å². The number of hydrogen-bond acceptors (Lipinski definition) is 1. The van der Waals surface area contributed by atoms with Gasteiger partial charge in [0.05, 0.1) is 11.1 Å². The largest absolute Gasteiger partial charge is 0.310 e. The monoisotopic (exact) mass is 691 g/mol. The summed E-state index contributed by atoms with van der Waals surface area (Å²) in [4.78, 5) is 2.47. The molecule has 258 valence electrons. The lowest BCUT2D eigenvalue weighted by Crippen LogP contribution is -2.26. The van der Waals surface area contributed by atoms with Crippen molar-refractivity contribution < 1.29 is 0 Å². The Morgan fingerprint density at radius 2 is 0.963 bits per heavy atom. The Balaban J connectivity index is 1.27. The molecule has 3 aliphatic rings. The van der Waals surface area contributed by atoms with E-state index in [0.29, 0.717) is 0 Å². The van der Waals surface area contributed by atoms with Gasteiger partial charge in [-0.15, -0.1) is 0 Å². The van der Waals surface area contributed by atoms with Crippen molar-refractivity contribution in [3.05, 3.63) is 233 Å². The molecule has 7 aromatic carbocycles. The van der Waals surface area contributed by atoms with Crippen LogP contribution in [0.2, 0.25) is 0 Å². The van der Waals surface area contributed by atoms with Crippen molar-refractivity contribution >= 4 is 17.1 Å². The number of nitrogens with zero attached hydrogens (tertiary/aromatic N) is 1. The van der Waals surface area contributed by atoms with E-state index in [0.717, 1.165) is 22.6 Å². The Hall–Kier alpha value is -6.44. The van der Waals surface area contributed by atoms with Crippen LogP contribution >= 0.6 is 0 Å². The highest BCUT2D eigenvalue weighted by Gasteiger charge is 2.52. The van der Waals surface area contributed by atoms with Crippen LogP contribution in [0.15, 0.2) is 189 Å². The maximum Gasteiger partial charge on any atom is 0.0726 e. The van der Waals surface area contributed by atoms with Crippen LogP contribution in [0, 0.1) is 6.92 Å². The fourth-order valence-corrected chi connectivity index (χ4v) is 9.77. The van der Waals surface area contributed by atoms with E-state index in [-0.39, 0.29) is 5.41 Å². The van der Waals surface area contributed by atoms with Crippen molar-refractivity contribution in [3.8, 4) is 33.4 Å². The molecule has 1 spiro atoms. The molecule has 0 N–H and O–H groups in total. The third kappa shape index (κ3) is 4.45. The Morgan fingerprint density at radius 1 is 0.481 bits per heavy atom. The van der Waals surface area contributed by atoms with Crippen LogP contribution in [0.1, 0.15) is 58.4 Å². The molecule has 0 radical (unpaired) electrons. The Morgan fingerprint density at radius 3 is 1.59 bits per heavy atom. The molecule has 0 saturated heterocycles. The summed E-state index contributed by atoms with van der Waals surface area (Å²) in [5, 5.41) is 0. The predicted octanol–water partition coefficient (Wildman–Crippen LogP) is 13.6. The smallest absolute Gasteiger partial charge is 0.0726 e. The fraction of sp³-hybridized carbons (Fsp3) is 0.0943. The van der Waals surface area contributed by atoms with Gasteiger partial charge in [0.15, 0.2) is 0 Å². The van der Waals surface area contributed by atoms with Crippen LogP contribution in [-0.2, 0) is 10.8 Å². The average Bonchev–Trinajstić information content (AvgIpc) is 3.76. The second kappa shape index (κ2) is 12.0. The lowest BCUT2D eigenvalue weighted by atomic mass is 9.70. The predicted molar refractivity (Wildman–Crippen MR) is 227 cm³/mol. The highest BCUT2D eigenvalue weighted by molar-refractivity contribution is 5.98. The molecule has 1 heteroatoms. The molecule has 0 atom stereocenters. The zero-order valence-corrected chi connectivity index (χ0v) is 31.0. The van der Waals surface area contributed by atoms with Gasteiger partial charge in [-0.3, -0.25) is 0 Å². The minimum Gasteiger partial charge on any atom is -0.310 e.